The zero-order valence-corrected chi connectivity index (χ0v) is 25.7. The summed E-state index contributed by atoms with van der Waals surface area (Å²) in [5, 5.41) is 23.2. The summed E-state index contributed by atoms with van der Waals surface area (Å²) < 4.78 is 0. The first-order valence-electron chi connectivity index (χ1n) is 16.0. The number of rotatable bonds is 5. The molecule has 0 saturated heterocycles. The fourth-order valence-electron chi connectivity index (χ4n) is 11.5. The second-order valence-corrected chi connectivity index (χ2v) is 15.9. The summed E-state index contributed by atoms with van der Waals surface area (Å²) >= 11 is 0. The van der Waals surface area contributed by atoms with Gasteiger partial charge in [-0.3, -0.25) is 9.59 Å². The predicted molar refractivity (Wildman–Crippen MR) is 155 cm³/mol. The second kappa shape index (κ2) is 9.60. The molecule has 0 spiro atoms. The lowest BCUT2D eigenvalue weighted by Gasteiger charge is -2.71. The van der Waals surface area contributed by atoms with E-state index in [1.807, 2.05) is 0 Å². The third kappa shape index (κ3) is 4.02. The molecule has 2 unspecified atom stereocenters. The van der Waals surface area contributed by atoms with E-state index in [1.54, 1.807) is 5.57 Å². The lowest BCUT2D eigenvalue weighted by molar-refractivity contribution is -0.204. The fraction of sp³-hybridized carbons (Fsp3) is 0.882. The van der Waals surface area contributed by atoms with E-state index in [-0.39, 0.29) is 51.4 Å². The van der Waals surface area contributed by atoms with Crippen LogP contribution in [0.4, 0.5) is 0 Å². The van der Waals surface area contributed by atoms with Crippen LogP contribution < -0.4 is 5.32 Å². The van der Waals surface area contributed by atoms with Gasteiger partial charge in [-0.15, -0.1) is 0 Å². The summed E-state index contributed by atoms with van der Waals surface area (Å²) in [4.78, 5) is 25.0. The van der Waals surface area contributed by atoms with E-state index in [2.05, 4.69) is 59.9 Å². The summed E-state index contributed by atoms with van der Waals surface area (Å²) in [7, 11) is 0. The maximum absolute atomic E-state index is 14.0. The zero-order chi connectivity index (χ0) is 28.6. The van der Waals surface area contributed by atoms with Crippen molar-refractivity contribution in [2.24, 2.45) is 56.7 Å². The van der Waals surface area contributed by atoms with Crippen LogP contribution >= 0.6 is 0 Å². The molecule has 0 heterocycles. The SMILES string of the molecule is C[C@H]1[C@H](C)CC[C@]2(C(=O)NCCCC(=O)O)CC[C@]3(C)C(=CCC4[C@@]5(C)CC[C@H](O)C(C)(C)C5CC[C@]43C)[C@H]12. The Morgan fingerprint density at radius 1 is 0.949 bits per heavy atom. The average molecular weight is 542 g/mol. The van der Waals surface area contributed by atoms with Crippen molar-refractivity contribution in [3.05, 3.63) is 11.6 Å². The van der Waals surface area contributed by atoms with Gasteiger partial charge in [0.2, 0.25) is 5.91 Å². The maximum Gasteiger partial charge on any atom is 0.303 e. The number of amides is 1. The molecule has 39 heavy (non-hydrogen) atoms. The molecule has 0 aromatic heterocycles. The minimum absolute atomic E-state index is 0.0486. The number of fused-ring (bicyclic) bond motifs is 7. The van der Waals surface area contributed by atoms with E-state index < -0.39 is 5.97 Å². The van der Waals surface area contributed by atoms with Crippen LogP contribution in [-0.4, -0.2) is 34.7 Å². The minimum Gasteiger partial charge on any atom is -0.481 e. The molecule has 0 radical (unpaired) electrons. The summed E-state index contributed by atoms with van der Waals surface area (Å²) in [5.41, 5.74) is 1.64. The first-order chi connectivity index (χ1) is 18.1. The Labute approximate surface area is 237 Å². The van der Waals surface area contributed by atoms with Crippen LogP contribution in [0, 0.1) is 56.7 Å². The molecule has 5 nitrogen and oxygen atoms in total. The van der Waals surface area contributed by atoms with Gasteiger partial charge in [0, 0.05) is 13.0 Å². The van der Waals surface area contributed by atoms with Crippen molar-refractivity contribution in [1.29, 1.82) is 0 Å². The van der Waals surface area contributed by atoms with Gasteiger partial charge in [-0.05, 0) is 115 Å². The van der Waals surface area contributed by atoms with Gasteiger partial charge in [0.1, 0.15) is 0 Å². The number of aliphatic carboxylic acids is 1. The Morgan fingerprint density at radius 2 is 1.67 bits per heavy atom. The summed E-state index contributed by atoms with van der Waals surface area (Å²) in [6, 6.07) is 0. The van der Waals surface area contributed by atoms with E-state index in [9.17, 15) is 14.7 Å². The van der Waals surface area contributed by atoms with E-state index in [1.165, 1.54) is 12.8 Å². The quantitative estimate of drug-likeness (QED) is 0.259. The maximum atomic E-state index is 14.0. The Morgan fingerprint density at radius 3 is 2.36 bits per heavy atom. The standard InChI is InChI=1S/C34H55NO4/c1-21-12-17-34(29(39)35-20-8-9-27(37)38)19-18-32(6)23(28(34)22(21)2)10-11-25-31(5)15-14-26(36)30(3,4)24(31)13-16-33(25,32)7/h10,21-22,24-26,28,36H,8-9,11-20H2,1-7H3,(H,35,39)(H,37,38)/t21-,22+,24?,25?,26+,28+,31+,32-,33-,34+/m1/s1. The highest BCUT2D eigenvalue weighted by Gasteiger charge is 2.69. The topological polar surface area (TPSA) is 86.6 Å². The molecule has 5 heteroatoms. The lowest BCUT2D eigenvalue weighted by atomic mass is 9.33. The van der Waals surface area contributed by atoms with Crippen molar-refractivity contribution in [2.45, 2.75) is 125 Å². The summed E-state index contributed by atoms with van der Waals surface area (Å²) in [6.07, 6.45) is 12.5. The lowest BCUT2D eigenvalue weighted by Crippen LogP contribution is -2.66. The smallest absolute Gasteiger partial charge is 0.303 e. The number of carbonyl (C=O) groups excluding carboxylic acids is 1. The Kier molecular flexibility index (Phi) is 7.17. The van der Waals surface area contributed by atoms with Crippen molar-refractivity contribution in [2.75, 3.05) is 6.54 Å². The number of nitrogens with one attached hydrogen (secondary N) is 1. The van der Waals surface area contributed by atoms with E-state index >= 15 is 0 Å². The normalized spacial score (nSPS) is 48.5. The molecule has 1 amide bonds. The van der Waals surface area contributed by atoms with Gasteiger partial charge in [0.25, 0.3) is 0 Å². The van der Waals surface area contributed by atoms with Crippen molar-refractivity contribution >= 4 is 11.9 Å². The molecule has 0 aliphatic heterocycles. The van der Waals surface area contributed by atoms with Crippen LogP contribution in [0.3, 0.4) is 0 Å². The number of carbonyl (C=O) groups is 2. The monoisotopic (exact) mass is 541 g/mol. The Hall–Kier alpha value is -1.36. The van der Waals surface area contributed by atoms with Crippen molar-refractivity contribution in [3.8, 4) is 0 Å². The molecule has 0 aromatic carbocycles. The highest BCUT2D eigenvalue weighted by molar-refractivity contribution is 5.84. The highest BCUT2D eigenvalue weighted by Crippen LogP contribution is 2.75. The number of carboxylic acid groups (broad SMARTS) is 1. The van der Waals surface area contributed by atoms with Crippen LogP contribution in [-0.2, 0) is 9.59 Å². The number of aliphatic hydroxyl groups is 1. The van der Waals surface area contributed by atoms with Gasteiger partial charge in [0.05, 0.1) is 11.5 Å². The molecule has 10 atom stereocenters. The minimum atomic E-state index is -0.803. The van der Waals surface area contributed by atoms with Gasteiger partial charge in [-0.2, -0.15) is 0 Å². The summed E-state index contributed by atoms with van der Waals surface area (Å²) in [5.74, 6) is 1.80. The molecule has 220 valence electrons. The van der Waals surface area contributed by atoms with Crippen molar-refractivity contribution in [1.82, 2.24) is 5.32 Å². The van der Waals surface area contributed by atoms with Gasteiger partial charge >= 0.3 is 5.97 Å². The second-order valence-electron chi connectivity index (χ2n) is 15.9. The van der Waals surface area contributed by atoms with Crippen molar-refractivity contribution in [3.63, 3.8) is 0 Å². The first-order valence-corrected chi connectivity index (χ1v) is 16.0. The van der Waals surface area contributed by atoms with Gasteiger partial charge in [0.15, 0.2) is 0 Å². The van der Waals surface area contributed by atoms with E-state index in [0.717, 1.165) is 44.9 Å². The Bertz CT molecular complexity index is 1030. The largest absolute Gasteiger partial charge is 0.481 e. The van der Waals surface area contributed by atoms with Gasteiger partial charge in [-0.25, -0.2) is 0 Å². The number of allylic oxidation sites excluding steroid dienone is 2. The summed E-state index contributed by atoms with van der Waals surface area (Å²) in [6.45, 7) is 17.5. The molecular weight excluding hydrogens is 486 g/mol. The zero-order valence-electron chi connectivity index (χ0n) is 25.7. The molecule has 5 aliphatic carbocycles. The molecule has 0 bridgehead atoms. The number of carboxylic acids is 1. The third-order valence-corrected chi connectivity index (χ3v) is 14.3. The first kappa shape index (κ1) is 29.1. The molecule has 5 rings (SSSR count). The highest BCUT2D eigenvalue weighted by atomic mass is 16.4. The average Bonchev–Trinajstić information content (AvgIpc) is 2.86. The molecule has 0 aromatic rings. The van der Waals surface area contributed by atoms with Crippen LogP contribution in [0.2, 0.25) is 0 Å². The fourth-order valence-corrected chi connectivity index (χ4v) is 11.5. The Balaban J connectivity index is 1.51. The van der Waals surface area contributed by atoms with Crippen LogP contribution in [0.25, 0.3) is 0 Å². The number of hydrogen-bond donors (Lipinski definition) is 3. The molecule has 4 fully saturated rings. The van der Waals surface area contributed by atoms with Crippen molar-refractivity contribution < 1.29 is 19.8 Å². The number of hydrogen-bond acceptors (Lipinski definition) is 3. The molecular formula is C34H55NO4. The molecule has 4 saturated carbocycles. The number of aliphatic hydroxyl groups excluding tert-OH is 1. The molecule has 3 N–H and O–H groups in total. The van der Waals surface area contributed by atoms with Crippen LogP contribution in [0.5, 0.6) is 0 Å². The predicted octanol–water partition coefficient (Wildman–Crippen LogP) is 6.99. The van der Waals surface area contributed by atoms with Gasteiger partial charge < -0.3 is 15.5 Å². The molecule has 5 aliphatic rings. The van der Waals surface area contributed by atoms with Gasteiger partial charge in [-0.1, -0.05) is 60.1 Å². The van der Waals surface area contributed by atoms with Crippen LogP contribution in [0.1, 0.15) is 119 Å². The van der Waals surface area contributed by atoms with E-state index in [0.29, 0.717) is 36.6 Å². The third-order valence-electron chi connectivity index (χ3n) is 14.3. The van der Waals surface area contributed by atoms with E-state index in [4.69, 9.17) is 5.11 Å². The van der Waals surface area contributed by atoms with Crippen LogP contribution in [0.15, 0.2) is 11.6 Å².